The molecule has 3 aromatic rings. The average Bonchev–Trinajstić information content (AvgIpc) is 3.22. The molecule has 9 heteroatoms. The maximum absolute atomic E-state index is 9.83. The van der Waals surface area contributed by atoms with Crippen LogP contribution >= 0.6 is 11.3 Å². The summed E-state index contributed by atoms with van der Waals surface area (Å²) in [6.45, 7) is 12.2. The Bertz CT molecular complexity index is 1190. The van der Waals surface area contributed by atoms with Gasteiger partial charge in [-0.15, -0.1) is 0 Å². The van der Waals surface area contributed by atoms with Gasteiger partial charge in [0.1, 0.15) is 21.3 Å². The van der Waals surface area contributed by atoms with Crippen LogP contribution in [-0.2, 0) is 4.74 Å². The lowest BCUT2D eigenvalue weighted by Crippen LogP contribution is -2.31. The van der Waals surface area contributed by atoms with Gasteiger partial charge in [-0.25, -0.2) is 15.0 Å². The highest BCUT2D eigenvalue weighted by Crippen LogP contribution is 2.30. The number of allylic oxidation sites excluding steroid dienone is 1. The zero-order chi connectivity index (χ0) is 25.5. The molecule has 4 unspecified atom stereocenters. The molecule has 4 heterocycles. The van der Waals surface area contributed by atoms with Gasteiger partial charge in [0.25, 0.3) is 0 Å². The minimum absolute atomic E-state index is 0.269. The summed E-state index contributed by atoms with van der Waals surface area (Å²) in [6, 6.07) is 8.08. The van der Waals surface area contributed by atoms with E-state index in [1.165, 1.54) is 16.9 Å². The fourth-order valence-corrected chi connectivity index (χ4v) is 5.28. The molecule has 0 radical (unpaired) electrons. The van der Waals surface area contributed by atoms with Gasteiger partial charge in [0.15, 0.2) is 0 Å². The number of fused-ring (bicyclic) bond motifs is 1. The average molecular weight is 507 g/mol. The molecule has 0 amide bonds. The maximum atomic E-state index is 9.83. The van der Waals surface area contributed by atoms with Gasteiger partial charge in [-0.3, -0.25) is 4.90 Å². The molecule has 0 aliphatic carbocycles. The molecule has 4 rings (SSSR count). The Morgan fingerprint density at radius 1 is 1.28 bits per heavy atom. The van der Waals surface area contributed by atoms with Crippen molar-refractivity contribution < 1.29 is 9.47 Å². The molecule has 0 aromatic carbocycles. The van der Waals surface area contributed by atoms with Crippen LogP contribution in [0.2, 0.25) is 0 Å². The first-order chi connectivity index (χ1) is 17.4. The van der Waals surface area contributed by atoms with Crippen LogP contribution in [0.3, 0.4) is 0 Å². The third-order valence-corrected chi connectivity index (χ3v) is 7.22. The summed E-state index contributed by atoms with van der Waals surface area (Å²) in [6.07, 6.45) is 8.25. The summed E-state index contributed by atoms with van der Waals surface area (Å²) in [7, 11) is 0. The summed E-state index contributed by atoms with van der Waals surface area (Å²) in [5.41, 5.74) is 2.73. The summed E-state index contributed by atoms with van der Waals surface area (Å²) >= 11 is 1.41. The Morgan fingerprint density at radius 3 is 2.94 bits per heavy atom. The van der Waals surface area contributed by atoms with Crippen LogP contribution in [0.25, 0.3) is 10.3 Å². The van der Waals surface area contributed by atoms with Gasteiger partial charge in [0.05, 0.1) is 30.6 Å². The minimum atomic E-state index is -0.590. The monoisotopic (exact) mass is 506 g/mol. The minimum Gasteiger partial charge on any atom is -0.463 e. The van der Waals surface area contributed by atoms with E-state index < -0.39 is 5.92 Å². The lowest BCUT2D eigenvalue weighted by atomic mass is 10.1. The van der Waals surface area contributed by atoms with Crippen molar-refractivity contribution in [2.45, 2.75) is 58.7 Å². The van der Waals surface area contributed by atoms with Crippen molar-refractivity contribution in [3.05, 3.63) is 52.9 Å². The molecule has 4 atom stereocenters. The highest BCUT2D eigenvalue weighted by Gasteiger charge is 2.21. The van der Waals surface area contributed by atoms with Gasteiger partial charge in [0, 0.05) is 32.0 Å². The second-order valence-corrected chi connectivity index (χ2v) is 10.7. The zero-order valence-corrected chi connectivity index (χ0v) is 22.2. The van der Waals surface area contributed by atoms with Gasteiger partial charge in [-0.2, -0.15) is 10.2 Å². The molecular formula is C27H34N6O2S. The molecule has 3 aromatic heterocycles. The second-order valence-electron chi connectivity index (χ2n) is 9.69. The SMILES string of the molecule is CC(=CCC(C)COc1nccc(C(C#N)c2nc3cccnc3s2)n1)CN1CCC(C)OC(C)C1. The third-order valence-electron chi connectivity index (χ3n) is 6.18. The van der Waals surface area contributed by atoms with E-state index in [0.29, 0.717) is 29.3 Å². The quantitative estimate of drug-likeness (QED) is 0.375. The Labute approximate surface area is 217 Å². The number of rotatable bonds is 9. The van der Waals surface area contributed by atoms with Crippen LogP contribution < -0.4 is 4.74 Å². The van der Waals surface area contributed by atoms with Crippen LogP contribution in [-0.4, -0.2) is 63.3 Å². The second kappa shape index (κ2) is 12.3. The Morgan fingerprint density at radius 2 is 2.14 bits per heavy atom. The number of aromatic nitrogens is 4. The zero-order valence-electron chi connectivity index (χ0n) is 21.4. The topological polar surface area (TPSA) is 97.0 Å². The molecule has 0 N–H and O–H groups in total. The summed E-state index contributed by atoms with van der Waals surface area (Å²) < 4.78 is 11.9. The lowest BCUT2D eigenvalue weighted by Gasteiger charge is -2.22. The van der Waals surface area contributed by atoms with E-state index >= 15 is 0 Å². The van der Waals surface area contributed by atoms with Gasteiger partial charge in [-0.05, 0) is 57.7 Å². The van der Waals surface area contributed by atoms with Gasteiger partial charge < -0.3 is 9.47 Å². The number of hydrogen-bond acceptors (Lipinski definition) is 9. The van der Waals surface area contributed by atoms with E-state index in [1.54, 1.807) is 18.5 Å². The molecular weight excluding hydrogens is 472 g/mol. The Hall–Kier alpha value is -2.93. The van der Waals surface area contributed by atoms with Crippen molar-refractivity contribution in [3.8, 4) is 12.1 Å². The summed E-state index contributed by atoms with van der Waals surface area (Å²) in [5, 5.41) is 10.5. The van der Waals surface area contributed by atoms with Crippen LogP contribution in [0.15, 0.2) is 42.2 Å². The fourth-order valence-electron chi connectivity index (χ4n) is 4.32. The molecule has 1 aliphatic rings. The van der Waals surface area contributed by atoms with Gasteiger partial charge >= 0.3 is 6.01 Å². The molecule has 8 nitrogen and oxygen atoms in total. The molecule has 1 aliphatic heterocycles. The Kier molecular flexibility index (Phi) is 8.97. The fraction of sp³-hybridized carbons (Fsp3) is 0.519. The maximum Gasteiger partial charge on any atom is 0.316 e. The summed E-state index contributed by atoms with van der Waals surface area (Å²) in [4.78, 5) is 21.0. The van der Waals surface area contributed by atoms with E-state index in [4.69, 9.17) is 9.47 Å². The first kappa shape index (κ1) is 26.1. The standard InChI is InChI=1S/C27H34N6O2S/c1-18(15-33-13-10-20(3)35-21(4)16-33)7-8-19(2)17-34-27-30-12-9-23(32-27)22(14-28)25-31-24-6-5-11-29-26(24)36-25/h5-7,9,11-12,19-22H,8,10,13,15-17H2,1-4H3. The van der Waals surface area contributed by atoms with E-state index in [1.807, 2.05) is 12.1 Å². The van der Waals surface area contributed by atoms with Gasteiger partial charge in [-0.1, -0.05) is 29.9 Å². The molecule has 1 saturated heterocycles. The smallest absolute Gasteiger partial charge is 0.316 e. The molecule has 0 spiro atoms. The molecule has 190 valence electrons. The number of nitriles is 1. The first-order valence-electron chi connectivity index (χ1n) is 12.5. The normalized spacial score (nSPS) is 21.0. The van der Waals surface area contributed by atoms with Gasteiger partial charge in [0.2, 0.25) is 0 Å². The first-order valence-corrected chi connectivity index (χ1v) is 13.3. The van der Waals surface area contributed by atoms with E-state index in [0.717, 1.165) is 42.8 Å². The molecule has 36 heavy (non-hydrogen) atoms. The lowest BCUT2D eigenvalue weighted by molar-refractivity contribution is 0.0147. The number of nitrogens with zero attached hydrogens (tertiary/aromatic N) is 6. The number of thiazole rings is 1. The highest BCUT2D eigenvalue weighted by molar-refractivity contribution is 7.18. The van der Waals surface area contributed by atoms with Crippen molar-refractivity contribution in [2.24, 2.45) is 5.92 Å². The van der Waals surface area contributed by atoms with Crippen LogP contribution in [0.5, 0.6) is 6.01 Å². The number of ether oxygens (including phenoxy) is 2. The van der Waals surface area contributed by atoms with E-state index in [-0.39, 0.29) is 12.1 Å². The van der Waals surface area contributed by atoms with Crippen molar-refractivity contribution in [2.75, 3.05) is 26.2 Å². The van der Waals surface area contributed by atoms with E-state index in [9.17, 15) is 5.26 Å². The van der Waals surface area contributed by atoms with E-state index in [2.05, 4.69) is 64.7 Å². The van der Waals surface area contributed by atoms with Crippen LogP contribution in [0.1, 0.15) is 57.2 Å². The van der Waals surface area contributed by atoms with Crippen molar-refractivity contribution in [1.82, 2.24) is 24.8 Å². The van der Waals surface area contributed by atoms with Crippen LogP contribution in [0.4, 0.5) is 0 Å². The number of pyridine rings is 1. The highest BCUT2D eigenvalue weighted by atomic mass is 32.1. The Balaban J connectivity index is 1.31. The van der Waals surface area contributed by atoms with Crippen molar-refractivity contribution in [1.29, 1.82) is 5.26 Å². The van der Waals surface area contributed by atoms with Crippen molar-refractivity contribution in [3.63, 3.8) is 0 Å². The van der Waals surface area contributed by atoms with Crippen molar-refractivity contribution >= 4 is 21.7 Å². The number of hydrogen-bond donors (Lipinski definition) is 0. The predicted octanol–water partition coefficient (Wildman–Crippen LogP) is 4.99. The summed E-state index contributed by atoms with van der Waals surface area (Å²) in [5.74, 6) is -0.284. The molecule has 0 saturated carbocycles. The molecule has 0 bridgehead atoms. The third kappa shape index (κ3) is 7.06. The molecule has 1 fully saturated rings. The van der Waals surface area contributed by atoms with Crippen LogP contribution in [0, 0.1) is 17.2 Å². The largest absolute Gasteiger partial charge is 0.463 e. The predicted molar refractivity (Wildman–Crippen MR) is 141 cm³/mol.